The van der Waals surface area contributed by atoms with E-state index in [1.165, 1.54) is 12.1 Å². The maximum absolute atomic E-state index is 13.6. The molecule has 1 N–H and O–H groups in total. The summed E-state index contributed by atoms with van der Waals surface area (Å²) >= 11 is 9.04. The highest BCUT2D eigenvalue weighted by atomic mass is 79.9. The summed E-state index contributed by atoms with van der Waals surface area (Å²) in [5, 5.41) is 3.34. The van der Waals surface area contributed by atoms with Crippen LogP contribution in [-0.4, -0.2) is 11.5 Å². The topological polar surface area (TPSA) is 34.2 Å². The van der Waals surface area contributed by atoms with E-state index in [9.17, 15) is 4.39 Å². The Kier molecular flexibility index (Phi) is 5.96. The lowest BCUT2D eigenvalue weighted by Gasteiger charge is -2.13. The molecule has 21 heavy (non-hydrogen) atoms. The van der Waals surface area contributed by atoms with Crippen molar-refractivity contribution in [2.75, 3.05) is 6.54 Å². The Hall–Kier alpha value is -1.17. The third-order valence-electron chi connectivity index (χ3n) is 2.80. The first-order valence-corrected chi connectivity index (χ1v) is 7.75. The standard InChI is InChI=1S/C15H15BrClFN2O/c1-2-4-19-8-10-9-20-5-3-14(10)21-15-7-13(18)12(17)6-11(15)16/h3,5-7,9,19H,2,4,8H2,1H3. The fourth-order valence-corrected chi connectivity index (χ4v) is 2.47. The number of aromatic nitrogens is 1. The average Bonchev–Trinajstić information content (AvgIpc) is 2.47. The van der Waals surface area contributed by atoms with Gasteiger partial charge in [-0.2, -0.15) is 0 Å². The lowest BCUT2D eigenvalue weighted by molar-refractivity contribution is 0.463. The van der Waals surface area contributed by atoms with E-state index >= 15 is 0 Å². The molecule has 0 spiro atoms. The van der Waals surface area contributed by atoms with E-state index in [1.807, 2.05) is 0 Å². The average molecular weight is 374 g/mol. The first-order valence-electron chi connectivity index (χ1n) is 6.57. The van der Waals surface area contributed by atoms with Crippen LogP contribution in [0.5, 0.6) is 11.5 Å². The molecule has 1 aromatic carbocycles. The molecular weight excluding hydrogens is 359 g/mol. The SMILES string of the molecule is CCCNCc1cnccc1Oc1cc(F)c(Cl)cc1Br. The number of halogens is 3. The van der Waals surface area contributed by atoms with Crippen molar-refractivity contribution in [2.24, 2.45) is 0 Å². The molecule has 2 aromatic rings. The number of hydrogen-bond acceptors (Lipinski definition) is 3. The van der Waals surface area contributed by atoms with Gasteiger partial charge >= 0.3 is 0 Å². The summed E-state index contributed by atoms with van der Waals surface area (Å²) in [6.45, 7) is 3.65. The number of hydrogen-bond donors (Lipinski definition) is 1. The Morgan fingerprint density at radius 3 is 2.95 bits per heavy atom. The van der Waals surface area contributed by atoms with Crippen LogP contribution in [-0.2, 0) is 6.54 Å². The van der Waals surface area contributed by atoms with Crippen LogP contribution >= 0.6 is 27.5 Å². The second kappa shape index (κ2) is 7.73. The Bertz CT molecular complexity index is 625. The van der Waals surface area contributed by atoms with Gasteiger partial charge in [0.05, 0.1) is 9.50 Å². The van der Waals surface area contributed by atoms with Crippen molar-refractivity contribution in [1.82, 2.24) is 10.3 Å². The van der Waals surface area contributed by atoms with E-state index in [0.717, 1.165) is 18.5 Å². The van der Waals surface area contributed by atoms with E-state index < -0.39 is 5.82 Å². The molecule has 6 heteroatoms. The van der Waals surface area contributed by atoms with Crippen LogP contribution in [0.1, 0.15) is 18.9 Å². The lowest BCUT2D eigenvalue weighted by atomic mass is 10.2. The molecule has 2 rings (SSSR count). The van der Waals surface area contributed by atoms with Gasteiger partial charge in [0.15, 0.2) is 0 Å². The summed E-state index contributed by atoms with van der Waals surface area (Å²) in [5.41, 5.74) is 0.910. The molecule has 0 aliphatic heterocycles. The van der Waals surface area contributed by atoms with Crippen molar-refractivity contribution < 1.29 is 9.13 Å². The number of rotatable bonds is 6. The van der Waals surface area contributed by atoms with Crippen LogP contribution < -0.4 is 10.1 Å². The monoisotopic (exact) mass is 372 g/mol. The van der Waals surface area contributed by atoms with Gasteiger partial charge in [-0.15, -0.1) is 0 Å². The quantitative estimate of drug-likeness (QED) is 0.576. The molecule has 112 valence electrons. The fraction of sp³-hybridized carbons (Fsp3) is 0.267. The number of nitrogens with one attached hydrogen (secondary N) is 1. The zero-order valence-electron chi connectivity index (χ0n) is 11.5. The van der Waals surface area contributed by atoms with Crippen molar-refractivity contribution >= 4 is 27.5 Å². The maximum atomic E-state index is 13.6. The van der Waals surface area contributed by atoms with E-state index in [1.54, 1.807) is 18.5 Å². The van der Waals surface area contributed by atoms with Crippen molar-refractivity contribution in [3.05, 3.63) is 51.5 Å². The minimum atomic E-state index is -0.519. The van der Waals surface area contributed by atoms with Crippen molar-refractivity contribution in [1.29, 1.82) is 0 Å². The van der Waals surface area contributed by atoms with Crippen LogP contribution in [0.25, 0.3) is 0 Å². The summed E-state index contributed by atoms with van der Waals surface area (Å²) in [5.74, 6) is 0.491. The molecule has 0 amide bonds. The number of nitrogens with zero attached hydrogens (tertiary/aromatic N) is 1. The van der Waals surface area contributed by atoms with Gasteiger partial charge in [-0.1, -0.05) is 18.5 Å². The zero-order valence-corrected chi connectivity index (χ0v) is 13.8. The molecule has 0 bridgehead atoms. The Labute approximate surface area is 136 Å². The maximum Gasteiger partial charge on any atom is 0.145 e. The van der Waals surface area contributed by atoms with Gasteiger partial charge in [-0.3, -0.25) is 4.98 Å². The highest BCUT2D eigenvalue weighted by molar-refractivity contribution is 9.10. The molecule has 0 radical (unpaired) electrons. The van der Waals surface area contributed by atoms with E-state index in [-0.39, 0.29) is 5.02 Å². The number of benzene rings is 1. The van der Waals surface area contributed by atoms with Crippen molar-refractivity contribution in [2.45, 2.75) is 19.9 Å². The van der Waals surface area contributed by atoms with Crippen molar-refractivity contribution in [3.63, 3.8) is 0 Å². The molecule has 0 saturated carbocycles. The van der Waals surface area contributed by atoms with Gasteiger partial charge in [0, 0.05) is 30.6 Å². The van der Waals surface area contributed by atoms with Crippen LogP contribution in [0.3, 0.4) is 0 Å². The zero-order chi connectivity index (χ0) is 15.2. The highest BCUT2D eigenvalue weighted by Crippen LogP contribution is 2.34. The molecule has 0 aliphatic rings. The van der Waals surface area contributed by atoms with Gasteiger partial charge in [0.2, 0.25) is 0 Å². The molecule has 0 fully saturated rings. The molecule has 0 aliphatic carbocycles. The van der Waals surface area contributed by atoms with Gasteiger partial charge < -0.3 is 10.1 Å². The third-order valence-corrected chi connectivity index (χ3v) is 3.71. The second-order valence-electron chi connectivity index (χ2n) is 4.46. The number of pyridine rings is 1. The summed E-state index contributed by atoms with van der Waals surface area (Å²) in [4.78, 5) is 4.09. The second-order valence-corrected chi connectivity index (χ2v) is 5.72. The first-order chi connectivity index (χ1) is 10.1. The summed E-state index contributed by atoms with van der Waals surface area (Å²) in [6, 6.07) is 4.49. The van der Waals surface area contributed by atoms with Gasteiger partial charge in [-0.05, 0) is 41.0 Å². The van der Waals surface area contributed by atoms with Crippen LogP contribution in [0.15, 0.2) is 35.1 Å². The molecule has 0 saturated heterocycles. The summed E-state index contributed by atoms with van der Waals surface area (Å²) < 4.78 is 19.9. The Morgan fingerprint density at radius 2 is 2.19 bits per heavy atom. The minimum Gasteiger partial charge on any atom is -0.456 e. The van der Waals surface area contributed by atoms with Crippen LogP contribution in [0.2, 0.25) is 5.02 Å². The third kappa shape index (κ3) is 4.40. The predicted octanol–water partition coefficient (Wildman–Crippen LogP) is 4.93. The molecule has 1 aromatic heterocycles. The molecule has 3 nitrogen and oxygen atoms in total. The molecule has 0 atom stereocenters. The molecule has 1 heterocycles. The number of ether oxygens (including phenoxy) is 1. The molecular formula is C15H15BrClFN2O. The lowest BCUT2D eigenvalue weighted by Crippen LogP contribution is -2.14. The Morgan fingerprint density at radius 1 is 1.38 bits per heavy atom. The van der Waals surface area contributed by atoms with Gasteiger partial charge in [-0.25, -0.2) is 4.39 Å². The van der Waals surface area contributed by atoms with Crippen LogP contribution in [0.4, 0.5) is 4.39 Å². The van der Waals surface area contributed by atoms with E-state index in [4.69, 9.17) is 16.3 Å². The largest absolute Gasteiger partial charge is 0.456 e. The summed E-state index contributed by atoms with van der Waals surface area (Å²) in [6.07, 6.45) is 4.42. The van der Waals surface area contributed by atoms with Gasteiger partial charge in [0.1, 0.15) is 17.3 Å². The normalized spacial score (nSPS) is 10.7. The van der Waals surface area contributed by atoms with Crippen molar-refractivity contribution in [3.8, 4) is 11.5 Å². The minimum absolute atomic E-state index is 0.0498. The van der Waals surface area contributed by atoms with Gasteiger partial charge in [0.25, 0.3) is 0 Å². The molecule has 0 unspecified atom stereocenters. The van der Waals surface area contributed by atoms with E-state index in [2.05, 4.69) is 33.2 Å². The fourth-order valence-electron chi connectivity index (χ4n) is 1.75. The Balaban J connectivity index is 2.21. The smallest absolute Gasteiger partial charge is 0.145 e. The summed E-state index contributed by atoms with van der Waals surface area (Å²) in [7, 11) is 0. The van der Waals surface area contributed by atoms with Crippen LogP contribution in [0, 0.1) is 5.82 Å². The predicted molar refractivity (Wildman–Crippen MR) is 85.4 cm³/mol. The van der Waals surface area contributed by atoms with E-state index in [0.29, 0.717) is 22.5 Å². The highest BCUT2D eigenvalue weighted by Gasteiger charge is 2.11. The first kappa shape index (κ1) is 16.2.